The van der Waals surface area contributed by atoms with Crippen molar-refractivity contribution in [2.24, 2.45) is 0 Å². The molecule has 3 fully saturated rings. The number of benzene rings is 4. The number of para-hydroxylation sites is 3. The van der Waals surface area contributed by atoms with Crippen LogP contribution in [0, 0.1) is 11.6 Å². The van der Waals surface area contributed by atoms with Crippen LogP contribution in [0.25, 0.3) is 0 Å². The van der Waals surface area contributed by atoms with E-state index in [1.807, 2.05) is 74.5 Å². The molecule has 3 aliphatic heterocycles. The summed E-state index contributed by atoms with van der Waals surface area (Å²) >= 11 is 0. The first-order valence-electron chi connectivity index (χ1n) is 18.2. The van der Waals surface area contributed by atoms with E-state index in [4.69, 9.17) is 29.4 Å². The Morgan fingerprint density at radius 2 is 1.12 bits per heavy atom. The van der Waals surface area contributed by atoms with Crippen LogP contribution in [0.1, 0.15) is 39.5 Å². The summed E-state index contributed by atoms with van der Waals surface area (Å²) < 4.78 is 55.9. The van der Waals surface area contributed by atoms with E-state index in [-0.39, 0.29) is 17.2 Å². The summed E-state index contributed by atoms with van der Waals surface area (Å²) in [6, 6.07) is 30.7. The maximum atomic E-state index is 13.9. The number of likely N-dealkylation sites (tertiary alicyclic amines) is 2. The number of nitrogen functional groups attached to an aromatic ring is 1. The van der Waals surface area contributed by atoms with Crippen LogP contribution in [-0.4, -0.2) is 86.7 Å². The normalized spacial score (nSPS) is 21.4. The topological polar surface area (TPSA) is 78.7 Å². The minimum Gasteiger partial charge on any atom is -0.492 e. The SMILES string of the molecule is C1CCOC1.CC1(Oc2ccc(N)cc2F)CCN(CCOc2ccccc2)C1.CC1(Oc2ccccc2F)CCN(CCOc2ccccc2)C1. The van der Waals surface area contributed by atoms with Crippen LogP contribution in [0.3, 0.4) is 0 Å². The third-order valence-corrected chi connectivity index (χ3v) is 9.20. The van der Waals surface area contributed by atoms with Gasteiger partial charge in [-0.1, -0.05) is 48.5 Å². The van der Waals surface area contributed by atoms with Crippen molar-refractivity contribution in [2.45, 2.75) is 50.7 Å². The molecule has 0 aliphatic carbocycles. The molecule has 2 atom stereocenters. The Morgan fingerprint density at radius 3 is 1.58 bits per heavy atom. The molecule has 0 bridgehead atoms. The Bertz CT molecular complexity index is 1620. The average molecular weight is 718 g/mol. The lowest BCUT2D eigenvalue weighted by molar-refractivity contribution is 0.0883. The van der Waals surface area contributed by atoms with Crippen molar-refractivity contribution in [2.75, 3.05) is 71.4 Å². The van der Waals surface area contributed by atoms with Gasteiger partial charge in [-0.25, -0.2) is 8.78 Å². The van der Waals surface area contributed by atoms with E-state index in [1.54, 1.807) is 30.3 Å². The van der Waals surface area contributed by atoms with Crippen LogP contribution >= 0.6 is 0 Å². The monoisotopic (exact) mass is 717 g/mol. The third-order valence-electron chi connectivity index (χ3n) is 9.20. The van der Waals surface area contributed by atoms with E-state index in [0.29, 0.717) is 24.7 Å². The number of nitrogens with zero attached hydrogens (tertiary/aromatic N) is 2. The maximum Gasteiger partial charge on any atom is 0.167 e. The molecule has 0 radical (unpaired) electrons. The van der Waals surface area contributed by atoms with Gasteiger partial charge in [-0.3, -0.25) is 9.80 Å². The second kappa shape index (κ2) is 19.5. The van der Waals surface area contributed by atoms with Crippen LogP contribution in [0.4, 0.5) is 14.5 Å². The zero-order chi connectivity index (χ0) is 36.7. The molecule has 8 nitrogen and oxygen atoms in total. The van der Waals surface area contributed by atoms with E-state index in [2.05, 4.69) is 9.80 Å². The number of rotatable bonds is 12. The lowest BCUT2D eigenvalue weighted by Gasteiger charge is -2.26. The molecule has 2 N–H and O–H groups in total. The van der Waals surface area contributed by atoms with E-state index in [1.165, 1.54) is 25.0 Å². The minimum atomic E-state index is -0.415. The van der Waals surface area contributed by atoms with Gasteiger partial charge in [-0.2, -0.15) is 0 Å². The molecule has 280 valence electrons. The summed E-state index contributed by atoms with van der Waals surface area (Å²) in [5, 5.41) is 0. The minimum absolute atomic E-state index is 0.258. The molecule has 4 aromatic rings. The number of hydrogen-bond acceptors (Lipinski definition) is 8. The fourth-order valence-electron chi connectivity index (χ4n) is 6.39. The molecule has 2 unspecified atom stereocenters. The van der Waals surface area contributed by atoms with Crippen molar-refractivity contribution < 1.29 is 32.5 Å². The molecule has 10 heteroatoms. The zero-order valence-corrected chi connectivity index (χ0v) is 30.5. The van der Waals surface area contributed by atoms with Crippen molar-refractivity contribution in [3.8, 4) is 23.0 Å². The van der Waals surface area contributed by atoms with Crippen LogP contribution in [0.2, 0.25) is 0 Å². The second-order valence-electron chi connectivity index (χ2n) is 13.9. The van der Waals surface area contributed by atoms with Crippen molar-refractivity contribution in [1.29, 1.82) is 0 Å². The average Bonchev–Trinajstić information content (AvgIpc) is 3.92. The molecule has 0 spiro atoms. The summed E-state index contributed by atoms with van der Waals surface area (Å²) in [4.78, 5) is 4.57. The fraction of sp³-hybridized carbons (Fsp3) is 0.429. The lowest BCUT2D eigenvalue weighted by atomic mass is 10.1. The van der Waals surface area contributed by atoms with Gasteiger partial charge in [-0.15, -0.1) is 0 Å². The first-order valence-corrected chi connectivity index (χ1v) is 18.2. The summed E-state index contributed by atoms with van der Waals surface area (Å²) in [6.45, 7) is 12.3. The molecular formula is C42H53F2N3O5. The first-order chi connectivity index (χ1) is 25.2. The number of ether oxygens (including phenoxy) is 5. The smallest absolute Gasteiger partial charge is 0.167 e. The van der Waals surface area contributed by atoms with Gasteiger partial charge in [-0.05, 0) is 75.2 Å². The van der Waals surface area contributed by atoms with Crippen molar-refractivity contribution in [3.05, 3.63) is 115 Å². The molecule has 3 saturated heterocycles. The predicted molar refractivity (Wildman–Crippen MR) is 201 cm³/mol. The van der Waals surface area contributed by atoms with Gasteiger partial charge in [0.25, 0.3) is 0 Å². The molecule has 0 saturated carbocycles. The Hall–Kier alpha value is -4.38. The number of halogens is 2. The quantitative estimate of drug-likeness (QED) is 0.149. The number of anilines is 1. The summed E-state index contributed by atoms with van der Waals surface area (Å²) in [5.41, 5.74) is 5.22. The maximum absolute atomic E-state index is 13.9. The van der Waals surface area contributed by atoms with Crippen molar-refractivity contribution >= 4 is 5.69 Å². The van der Waals surface area contributed by atoms with Gasteiger partial charge in [0, 0.05) is 77.1 Å². The predicted octanol–water partition coefficient (Wildman–Crippen LogP) is 7.87. The lowest BCUT2D eigenvalue weighted by Crippen LogP contribution is -2.37. The standard InChI is InChI=1S/C19H23FN2O2.C19H22FNO2.C4H8O/c1-19(24-18-8-7-15(21)13-17(18)20)9-10-22(14-19)11-12-23-16-5-3-2-4-6-16;1-19(23-18-10-6-5-9-17(18)20)11-12-21(15-19)13-14-22-16-7-3-2-4-8-16;1-2-4-5-3-1/h2-8,13H,9-12,14,21H2,1H3;2-10H,11-15H2,1H3;1-4H2. The molecule has 0 aromatic heterocycles. The highest BCUT2D eigenvalue weighted by atomic mass is 19.1. The largest absolute Gasteiger partial charge is 0.492 e. The summed E-state index contributed by atoms with van der Waals surface area (Å²) in [6.07, 6.45) is 4.29. The molecule has 0 amide bonds. The van der Waals surface area contributed by atoms with Gasteiger partial charge in [0.2, 0.25) is 0 Å². The molecule has 3 heterocycles. The number of nitrogens with two attached hydrogens (primary N) is 1. The van der Waals surface area contributed by atoms with E-state index in [0.717, 1.165) is 76.8 Å². The highest BCUT2D eigenvalue weighted by molar-refractivity contribution is 5.43. The van der Waals surface area contributed by atoms with Gasteiger partial charge < -0.3 is 29.4 Å². The van der Waals surface area contributed by atoms with Crippen molar-refractivity contribution in [3.63, 3.8) is 0 Å². The first kappa shape index (κ1) is 38.8. The van der Waals surface area contributed by atoms with Gasteiger partial charge in [0.05, 0.1) is 0 Å². The molecule has 4 aromatic carbocycles. The highest BCUT2D eigenvalue weighted by Gasteiger charge is 2.37. The molecular weight excluding hydrogens is 664 g/mol. The highest BCUT2D eigenvalue weighted by Crippen LogP contribution is 2.31. The van der Waals surface area contributed by atoms with E-state index < -0.39 is 11.4 Å². The zero-order valence-electron chi connectivity index (χ0n) is 30.5. The Balaban J connectivity index is 0.000000177. The molecule has 3 aliphatic rings. The summed E-state index contributed by atoms with van der Waals surface area (Å²) in [5.74, 6) is 1.63. The molecule has 7 rings (SSSR count). The Morgan fingerprint density at radius 1 is 0.635 bits per heavy atom. The number of hydrogen-bond donors (Lipinski definition) is 1. The van der Waals surface area contributed by atoms with Gasteiger partial charge >= 0.3 is 0 Å². The van der Waals surface area contributed by atoms with Crippen LogP contribution in [0.5, 0.6) is 23.0 Å². The van der Waals surface area contributed by atoms with Crippen LogP contribution in [0.15, 0.2) is 103 Å². The van der Waals surface area contributed by atoms with Crippen LogP contribution in [-0.2, 0) is 4.74 Å². The Kier molecular flexibility index (Phi) is 14.5. The third kappa shape index (κ3) is 12.7. The van der Waals surface area contributed by atoms with Crippen LogP contribution < -0.4 is 24.7 Å². The Labute approximate surface area is 307 Å². The summed E-state index contributed by atoms with van der Waals surface area (Å²) in [7, 11) is 0. The second-order valence-corrected chi connectivity index (χ2v) is 13.9. The van der Waals surface area contributed by atoms with E-state index >= 15 is 0 Å². The van der Waals surface area contributed by atoms with Crippen molar-refractivity contribution in [1.82, 2.24) is 9.80 Å². The van der Waals surface area contributed by atoms with Gasteiger partial charge in [0.1, 0.15) is 35.9 Å². The molecule has 52 heavy (non-hydrogen) atoms. The fourth-order valence-corrected chi connectivity index (χ4v) is 6.39. The van der Waals surface area contributed by atoms with Gasteiger partial charge in [0.15, 0.2) is 23.1 Å². The van der Waals surface area contributed by atoms with E-state index in [9.17, 15) is 8.78 Å².